The minimum atomic E-state index is -0.192. The van der Waals surface area contributed by atoms with Crippen LogP contribution in [0, 0.1) is 0 Å². The number of carbonyl (C=O) groups is 1. The Morgan fingerprint density at radius 3 is 2.62 bits per heavy atom. The third kappa shape index (κ3) is 4.99. The number of rotatable bonds is 7. The van der Waals surface area contributed by atoms with E-state index in [0.29, 0.717) is 18.1 Å². The van der Waals surface area contributed by atoms with Gasteiger partial charge >= 0.3 is 0 Å². The number of anilines is 1. The third-order valence-electron chi connectivity index (χ3n) is 5.39. The van der Waals surface area contributed by atoms with Gasteiger partial charge in [0.1, 0.15) is 12.4 Å². The molecule has 0 unspecified atom stereocenters. The van der Waals surface area contributed by atoms with E-state index < -0.39 is 0 Å². The molecule has 1 atom stereocenters. The first kappa shape index (κ1) is 19.5. The van der Waals surface area contributed by atoms with E-state index in [1.807, 2.05) is 49.4 Å². The van der Waals surface area contributed by atoms with Crippen molar-refractivity contribution in [2.45, 2.75) is 13.0 Å². The number of para-hydroxylation sites is 1. The summed E-state index contributed by atoms with van der Waals surface area (Å²) < 4.78 is 16.5. The predicted molar refractivity (Wildman–Crippen MR) is 111 cm³/mol. The number of nitrogens with zero attached hydrogens (tertiary/aromatic N) is 2. The molecule has 2 heterocycles. The summed E-state index contributed by atoms with van der Waals surface area (Å²) in [6.07, 6.45) is 0. The van der Waals surface area contributed by atoms with E-state index in [2.05, 4.69) is 15.1 Å². The Morgan fingerprint density at radius 1 is 1.07 bits per heavy atom. The van der Waals surface area contributed by atoms with E-state index in [9.17, 15) is 4.79 Å². The number of hydrogen-bond acceptors (Lipinski definition) is 6. The first-order chi connectivity index (χ1) is 14.2. The van der Waals surface area contributed by atoms with E-state index >= 15 is 0 Å². The molecule has 1 amide bonds. The molecular weight excluding hydrogens is 370 g/mol. The highest BCUT2D eigenvalue weighted by molar-refractivity contribution is 5.94. The Labute approximate surface area is 171 Å². The summed E-state index contributed by atoms with van der Waals surface area (Å²) in [7, 11) is 0. The number of ether oxygens (including phenoxy) is 3. The molecule has 0 spiro atoms. The number of piperazine rings is 1. The van der Waals surface area contributed by atoms with Crippen molar-refractivity contribution in [3.8, 4) is 17.2 Å². The van der Waals surface area contributed by atoms with Crippen LogP contribution in [0.25, 0.3) is 0 Å². The van der Waals surface area contributed by atoms with Crippen LogP contribution in [0.1, 0.15) is 6.92 Å². The fraction of sp³-hybridized carbons (Fsp3) is 0.409. The van der Waals surface area contributed by atoms with Gasteiger partial charge in [-0.05, 0) is 31.2 Å². The molecule has 7 heteroatoms. The fourth-order valence-electron chi connectivity index (χ4n) is 3.57. The molecule has 0 saturated carbocycles. The smallest absolute Gasteiger partial charge is 0.241 e. The zero-order chi connectivity index (χ0) is 20.1. The van der Waals surface area contributed by atoms with Crippen LogP contribution in [-0.4, -0.2) is 67.9 Å². The molecule has 0 aliphatic carbocycles. The Hall–Kier alpha value is -2.77. The molecule has 1 N–H and O–H groups in total. The molecule has 7 nitrogen and oxygen atoms in total. The number of nitrogens with one attached hydrogen (secondary N) is 1. The summed E-state index contributed by atoms with van der Waals surface area (Å²) in [5, 5.41) is 2.98. The molecule has 2 aliphatic heterocycles. The lowest BCUT2D eigenvalue weighted by Gasteiger charge is -2.37. The van der Waals surface area contributed by atoms with E-state index in [1.165, 1.54) is 0 Å². The zero-order valence-electron chi connectivity index (χ0n) is 16.7. The van der Waals surface area contributed by atoms with Gasteiger partial charge in [-0.1, -0.05) is 18.2 Å². The molecule has 0 bridgehead atoms. The maximum Gasteiger partial charge on any atom is 0.241 e. The SMILES string of the molecule is C[C@H](C(=O)Nc1ccc2c(c1)OCO2)N1CCN(CCOc2ccccc2)CC1. The number of benzene rings is 2. The number of amides is 1. The van der Waals surface area contributed by atoms with Gasteiger partial charge < -0.3 is 19.5 Å². The minimum Gasteiger partial charge on any atom is -0.492 e. The van der Waals surface area contributed by atoms with Gasteiger partial charge in [0.05, 0.1) is 6.04 Å². The summed E-state index contributed by atoms with van der Waals surface area (Å²) in [4.78, 5) is 17.3. The highest BCUT2D eigenvalue weighted by atomic mass is 16.7. The lowest BCUT2D eigenvalue weighted by atomic mass is 10.2. The first-order valence-corrected chi connectivity index (χ1v) is 10.0. The van der Waals surface area contributed by atoms with Gasteiger partial charge in [0.15, 0.2) is 11.5 Å². The van der Waals surface area contributed by atoms with Crippen molar-refractivity contribution >= 4 is 11.6 Å². The van der Waals surface area contributed by atoms with Crippen LogP contribution < -0.4 is 19.5 Å². The normalized spacial score (nSPS) is 17.7. The standard InChI is InChI=1S/C22H27N3O4/c1-17(22(26)23-18-7-8-20-21(15-18)29-16-28-20)25-11-9-24(10-12-25)13-14-27-19-5-3-2-4-6-19/h2-8,15,17H,9-14,16H2,1H3,(H,23,26)/t17-/m1/s1. The fourth-order valence-corrected chi connectivity index (χ4v) is 3.57. The Kier molecular flexibility index (Phi) is 6.17. The molecular formula is C22H27N3O4. The Morgan fingerprint density at radius 2 is 1.83 bits per heavy atom. The average molecular weight is 397 g/mol. The van der Waals surface area contributed by atoms with Crippen molar-refractivity contribution in [3.05, 3.63) is 48.5 Å². The summed E-state index contributed by atoms with van der Waals surface area (Å²) in [6.45, 7) is 7.33. The number of carbonyl (C=O) groups excluding carboxylic acids is 1. The van der Waals surface area contributed by atoms with Crippen molar-refractivity contribution in [3.63, 3.8) is 0 Å². The van der Waals surface area contributed by atoms with Gasteiger partial charge in [-0.25, -0.2) is 0 Å². The summed E-state index contributed by atoms with van der Waals surface area (Å²) >= 11 is 0. The van der Waals surface area contributed by atoms with Crippen LogP contribution in [0.2, 0.25) is 0 Å². The molecule has 0 aromatic heterocycles. The van der Waals surface area contributed by atoms with Crippen molar-refractivity contribution in [1.82, 2.24) is 9.80 Å². The Balaban J connectivity index is 1.20. The van der Waals surface area contributed by atoms with E-state index in [-0.39, 0.29) is 18.7 Å². The van der Waals surface area contributed by atoms with Crippen molar-refractivity contribution in [1.29, 1.82) is 0 Å². The van der Waals surface area contributed by atoms with Gasteiger partial charge in [-0.15, -0.1) is 0 Å². The second-order valence-electron chi connectivity index (χ2n) is 7.27. The van der Waals surface area contributed by atoms with Crippen LogP contribution >= 0.6 is 0 Å². The van der Waals surface area contributed by atoms with Crippen LogP contribution in [-0.2, 0) is 4.79 Å². The van der Waals surface area contributed by atoms with Crippen LogP contribution in [0.5, 0.6) is 17.2 Å². The van der Waals surface area contributed by atoms with Gasteiger partial charge in [-0.2, -0.15) is 0 Å². The molecule has 29 heavy (non-hydrogen) atoms. The van der Waals surface area contributed by atoms with Gasteiger partial charge in [0.25, 0.3) is 0 Å². The highest BCUT2D eigenvalue weighted by Crippen LogP contribution is 2.34. The monoisotopic (exact) mass is 397 g/mol. The van der Waals surface area contributed by atoms with Crippen molar-refractivity contribution < 1.29 is 19.0 Å². The molecule has 2 aromatic rings. The quantitative estimate of drug-likeness (QED) is 0.774. The first-order valence-electron chi connectivity index (χ1n) is 10.0. The van der Waals surface area contributed by atoms with Crippen molar-refractivity contribution in [2.75, 3.05) is 51.4 Å². The van der Waals surface area contributed by atoms with E-state index in [0.717, 1.165) is 44.2 Å². The minimum absolute atomic E-state index is 0.00951. The second kappa shape index (κ2) is 9.15. The molecule has 4 rings (SSSR count). The maximum atomic E-state index is 12.7. The summed E-state index contributed by atoms with van der Waals surface area (Å²) in [5.74, 6) is 2.27. The summed E-state index contributed by atoms with van der Waals surface area (Å²) in [5.41, 5.74) is 0.725. The molecule has 1 saturated heterocycles. The predicted octanol–water partition coefficient (Wildman–Crippen LogP) is 2.44. The van der Waals surface area contributed by atoms with Crippen LogP contribution in [0.3, 0.4) is 0 Å². The largest absolute Gasteiger partial charge is 0.492 e. The second-order valence-corrected chi connectivity index (χ2v) is 7.27. The van der Waals surface area contributed by atoms with Gasteiger partial charge in [-0.3, -0.25) is 14.6 Å². The van der Waals surface area contributed by atoms with Crippen LogP contribution in [0.4, 0.5) is 5.69 Å². The lowest BCUT2D eigenvalue weighted by molar-refractivity contribution is -0.121. The van der Waals surface area contributed by atoms with Gasteiger partial charge in [0, 0.05) is 44.5 Å². The number of hydrogen-bond donors (Lipinski definition) is 1. The molecule has 2 aliphatic rings. The third-order valence-corrected chi connectivity index (χ3v) is 5.39. The number of fused-ring (bicyclic) bond motifs is 1. The molecule has 1 fully saturated rings. The highest BCUT2D eigenvalue weighted by Gasteiger charge is 2.26. The summed E-state index contributed by atoms with van der Waals surface area (Å²) in [6, 6.07) is 15.1. The van der Waals surface area contributed by atoms with Gasteiger partial charge in [0.2, 0.25) is 12.7 Å². The maximum absolute atomic E-state index is 12.7. The molecule has 2 aromatic carbocycles. The lowest BCUT2D eigenvalue weighted by Crippen LogP contribution is -2.53. The van der Waals surface area contributed by atoms with Crippen molar-refractivity contribution in [2.24, 2.45) is 0 Å². The van der Waals surface area contributed by atoms with Crippen LogP contribution in [0.15, 0.2) is 48.5 Å². The molecule has 154 valence electrons. The van der Waals surface area contributed by atoms with E-state index in [4.69, 9.17) is 14.2 Å². The zero-order valence-corrected chi connectivity index (χ0v) is 16.7. The molecule has 0 radical (unpaired) electrons. The topological polar surface area (TPSA) is 63.3 Å². The van der Waals surface area contributed by atoms with E-state index in [1.54, 1.807) is 6.07 Å². The average Bonchev–Trinajstić information content (AvgIpc) is 3.22. The Bertz CT molecular complexity index is 822.